The van der Waals surface area contributed by atoms with E-state index in [2.05, 4.69) is 55.1 Å². The van der Waals surface area contributed by atoms with Crippen molar-refractivity contribution in [2.75, 3.05) is 5.73 Å². The first-order valence-electron chi connectivity index (χ1n) is 6.96. The summed E-state index contributed by atoms with van der Waals surface area (Å²) < 4.78 is 3.03. The van der Waals surface area contributed by atoms with Crippen LogP contribution in [0.25, 0.3) is 11.3 Å². The number of benzene rings is 1. The molecule has 0 fully saturated rings. The van der Waals surface area contributed by atoms with Crippen LogP contribution in [-0.2, 0) is 5.41 Å². The second-order valence-corrected chi connectivity index (χ2v) is 7.83. The fourth-order valence-corrected chi connectivity index (χ4v) is 3.14. The number of nitrogen functional groups attached to an aromatic ring is 1. The zero-order valence-corrected chi connectivity index (χ0v) is 15.4. The molecule has 0 saturated carbocycles. The molecule has 5 heteroatoms. The van der Waals surface area contributed by atoms with Gasteiger partial charge < -0.3 is 10.3 Å². The van der Waals surface area contributed by atoms with Gasteiger partial charge in [-0.05, 0) is 26.0 Å². The molecule has 0 aliphatic carbocycles. The van der Waals surface area contributed by atoms with Crippen molar-refractivity contribution in [3.05, 3.63) is 33.5 Å². The van der Waals surface area contributed by atoms with Crippen molar-refractivity contribution in [3.8, 4) is 11.3 Å². The van der Waals surface area contributed by atoms with E-state index in [1.165, 1.54) is 0 Å². The van der Waals surface area contributed by atoms with Crippen molar-refractivity contribution in [2.24, 2.45) is 0 Å². The van der Waals surface area contributed by atoms with Crippen LogP contribution in [0.2, 0.25) is 5.02 Å². The van der Waals surface area contributed by atoms with Crippen molar-refractivity contribution in [1.29, 1.82) is 0 Å². The van der Waals surface area contributed by atoms with Gasteiger partial charge in [0.1, 0.15) is 17.3 Å². The Bertz CT molecular complexity index is 669. The molecule has 0 unspecified atom stereocenters. The lowest BCUT2D eigenvalue weighted by Gasteiger charge is -2.22. The molecule has 3 nitrogen and oxygen atoms in total. The third kappa shape index (κ3) is 3.11. The number of anilines is 1. The van der Waals surface area contributed by atoms with Gasteiger partial charge in [0, 0.05) is 21.5 Å². The van der Waals surface area contributed by atoms with Crippen LogP contribution < -0.4 is 5.73 Å². The fraction of sp³-hybridized carbons (Fsp3) is 0.438. The van der Waals surface area contributed by atoms with Gasteiger partial charge in [-0.3, -0.25) is 0 Å². The van der Waals surface area contributed by atoms with Crippen LogP contribution in [0.15, 0.2) is 22.7 Å². The molecule has 114 valence electrons. The highest BCUT2D eigenvalue weighted by Gasteiger charge is 2.27. The molecule has 2 N–H and O–H groups in total. The Morgan fingerprint density at radius 3 is 2.33 bits per heavy atom. The smallest absolute Gasteiger partial charge is 0.132 e. The number of hydrogen-bond acceptors (Lipinski definition) is 2. The molecule has 0 aliphatic heterocycles. The molecule has 0 aliphatic rings. The van der Waals surface area contributed by atoms with Crippen LogP contribution in [0, 0.1) is 0 Å². The Morgan fingerprint density at radius 1 is 1.29 bits per heavy atom. The molecule has 0 spiro atoms. The van der Waals surface area contributed by atoms with Crippen LogP contribution in [0.5, 0.6) is 0 Å². The van der Waals surface area contributed by atoms with Gasteiger partial charge in [0.2, 0.25) is 0 Å². The van der Waals surface area contributed by atoms with E-state index in [-0.39, 0.29) is 11.5 Å². The highest BCUT2D eigenvalue weighted by Crippen LogP contribution is 2.37. The van der Waals surface area contributed by atoms with Gasteiger partial charge >= 0.3 is 0 Å². The average Bonchev–Trinajstić information content (AvgIpc) is 2.67. The quantitative estimate of drug-likeness (QED) is 0.766. The van der Waals surface area contributed by atoms with E-state index in [9.17, 15) is 0 Å². The minimum absolute atomic E-state index is 0.0848. The monoisotopic (exact) mass is 369 g/mol. The Labute approximate surface area is 139 Å². The minimum Gasteiger partial charge on any atom is -0.383 e. The van der Waals surface area contributed by atoms with Crippen molar-refractivity contribution >= 4 is 33.3 Å². The standard InChI is InChI=1S/C16H21BrClN3/c1-9(2)21-14(19)13(20-15(21)16(3,4)5)11-7-6-10(17)8-12(11)18/h6-9H,19H2,1-5H3. The maximum Gasteiger partial charge on any atom is 0.132 e. The van der Waals surface area contributed by atoms with Crippen molar-refractivity contribution in [2.45, 2.75) is 46.1 Å². The second kappa shape index (κ2) is 5.65. The Balaban J connectivity index is 2.71. The van der Waals surface area contributed by atoms with Gasteiger partial charge in [-0.2, -0.15) is 0 Å². The van der Waals surface area contributed by atoms with Gasteiger partial charge in [0.25, 0.3) is 0 Å². The van der Waals surface area contributed by atoms with E-state index >= 15 is 0 Å². The SMILES string of the molecule is CC(C)n1c(C(C)(C)C)nc(-c2ccc(Br)cc2Cl)c1N. The van der Waals surface area contributed by atoms with E-state index in [1.54, 1.807) is 0 Å². The highest BCUT2D eigenvalue weighted by molar-refractivity contribution is 9.10. The zero-order chi connectivity index (χ0) is 15.9. The first kappa shape index (κ1) is 16.4. The largest absolute Gasteiger partial charge is 0.383 e. The fourth-order valence-electron chi connectivity index (χ4n) is 2.38. The summed E-state index contributed by atoms with van der Waals surface area (Å²) in [5, 5.41) is 0.643. The predicted molar refractivity (Wildman–Crippen MR) is 93.9 cm³/mol. The molecular formula is C16H21BrClN3. The van der Waals surface area contributed by atoms with Gasteiger partial charge in [-0.15, -0.1) is 0 Å². The van der Waals surface area contributed by atoms with Crippen LogP contribution in [-0.4, -0.2) is 9.55 Å². The minimum atomic E-state index is -0.0848. The molecule has 0 radical (unpaired) electrons. The molecule has 1 aromatic carbocycles. The number of hydrogen-bond donors (Lipinski definition) is 1. The van der Waals surface area contributed by atoms with E-state index in [0.717, 1.165) is 21.6 Å². The average molecular weight is 371 g/mol. The van der Waals surface area contributed by atoms with Gasteiger partial charge in [-0.25, -0.2) is 4.98 Å². The van der Waals surface area contributed by atoms with Gasteiger partial charge in [0.05, 0.1) is 5.02 Å². The number of nitrogens with zero attached hydrogens (tertiary/aromatic N) is 2. The maximum absolute atomic E-state index is 6.37. The molecule has 2 aromatic rings. The number of aromatic nitrogens is 2. The number of nitrogens with two attached hydrogens (primary N) is 1. The van der Waals surface area contributed by atoms with Crippen molar-refractivity contribution in [1.82, 2.24) is 9.55 Å². The van der Waals surface area contributed by atoms with Crippen molar-refractivity contribution < 1.29 is 0 Å². The number of rotatable bonds is 2. The lowest BCUT2D eigenvalue weighted by Crippen LogP contribution is -2.21. The summed E-state index contributed by atoms with van der Waals surface area (Å²) in [5.74, 6) is 1.64. The molecule has 0 amide bonds. The van der Waals surface area contributed by atoms with Crippen molar-refractivity contribution in [3.63, 3.8) is 0 Å². The summed E-state index contributed by atoms with van der Waals surface area (Å²) in [6.07, 6.45) is 0. The Hall–Kier alpha value is -1.00. The summed E-state index contributed by atoms with van der Waals surface area (Å²) in [6.45, 7) is 10.6. The summed E-state index contributed by atoms with van der Waals surface area (Å²) in [5.41, 5.74) is 7.90. The molecule has 1 aromatic heterocycles. The van der Waals surface area contributed by atoms with Crippen LogP contribution >= 0.6 is 27.5 Å². The van der Waals surface area contributed by atoms with Crippen LogP contribution in [0.4, 0.5) is 5.82 Å². The summed E-state index contributed by atoms with van der Waals surface area (Å²) in [7, 11) is 0. The van der Waals surface area contributed by atoms with E-state index in [4.69, 9.17) is 22.3 Å². The number of imidazole rings is 1. The third-order valence-corrected chi connectivity index (χ3v) is 4.13. The first-order valence-corrected chi connectivity index (χ1v) is 8.13. The van der Waals surface area contributed by atoms with E-state index in [0.29, 0.717) is 10.8 Å². The molecule has 21 heavy (non-hydrogen) atoms. The molecule has 0 bridgehead atoms. The van der Waals surface area contributed by atoms with Crippen LogP contribution in [0.3, 0.4) is 0 Å². The lowest BCUT2D eigenvalue weighted by atomic mass is 9.95. The van der Waals surface area contributed by atoms with Gasteiger partial charge in [0.15, 0.2) is 0 Å². The Morgan fingerprint density at radius 2 is 1.90 bits per heavy atom. The van der Waals surface area contributed by atoms with E-state index < -0.39 is 0 Å². The number of halogens is 2. The summed E-state index contributed by atoms with van der Waals surface area (Å²) >= 11 is 9.78. The molecule has 1 heterocycles. The topological polar surface area (TPSA) is 43.8 Å². The lowest BCUT2D eigenvalue weighted by molar-refractivity contribution is 0.473. The molecule has 2 rings (SSSR count). The molecular weight excluding hydrogens is 350 g/mol. The maximum atomic E-state index is 6.37. The summed E-state index contributed by atoms with van der Waals surface area (Å²) in [4.78, 5) is 4.80. The predicted octanol–water partition coefficient (Wildman–Crippen LogP) is 5.43. The highest BCUT2D eigenvalue weighted by atomic mass is 79.9. The van der Waals surface area contributed by atoms with Gasteiger partial charge in [-0.1, -0.05) is 54.4 Å². The Kier molecular flexibility index (Phi) is 4.41. The van der Waals surface area contributed by atoms with Crippen LogP contribution in [0.1, 0.15) is 46.5 Å². The van der Waals surface area contributed by atoms with E-state index in [1.807, 2.05) is 18.2 Å². The first-order chi connectivity index (χ1) is 9.62. The normalized spacial score (nSPS) is 12.2. The zero-order valence-electron chi connectivity index (χ0n) is 13.0. The molecule has 0 saturated heterocycles. The second-order valence-electron chi connectivity index (χ2n) is 6.51. The molecule has 0 atom stereocenters. The summed E-state index contributed by atoms with van der Waals surface area (Å²) in [6, 6.07) is 6.00. The third-order valence-electron chi connectivity index (χ3n) is 3.32.